The lowest BCUT2D eigenvalue weighted by atomic mass is 10.1. The lowest BCUT2D eigenvalue weighted by Crippen LogP contribution is -2.38. The van der Waals surface area contributed by atoms with E-state index in [9.17, 15) is 4.79 Å². The van der Waals surface area contributed by atoms with E-state index < -0.39 is 0 Å². The predicted octanol–water partition coefficient (Wildman–Crippen LogP) is 0.888. The Morgan fingerprint density at radius 1 is 1.43 bits per heavy atom. The molecule has 84 valence electrons. The Labute approximate surface area is 86.6 Å². The molecule has 1 atom stereocenters. The van der Waals surface area contributed by atoms with Gasteiger partial charge in [-0.1, -0.05) is 20.8 Å². The minimum absolute atomic E-state index is 0.0169. The van der Waals surface area contributed by atoms with Crippen LogP contribution in [0.25, 0.3) is 0 Å². The van der Waals surface area contributed by atoms with Gasteiger partial charge in [-0.25, -0.2) is 5.06 Å². The number of rotatable bonds is 6. The third kappa shape index (κ3) is 4.58. The summed E-state index contributed by atoms with van der Waals surface area (Å²) in [6, 6.07) is 0. The first-order chi connectivity index (χ1) is 6.52. The zero-order valence-corrected chi connectivity index (χ0v) is 9.83. The van der Waals surface area contributed by atoms with Crippen molar-refractivity contribution in [2.24, 2.45) is 11.8 Å². The maximum Gasteiger partial charge on any atom is 0.248 e. The smallest absolute Gasteiger partial charge is 0.248 e. The summed E-state index contributed by atoms with van der Waals surface area (Å²) < 4.78 is 0. The number of hydrogen-bond donors (Lipinski definition) is 1. The summed E-state index contributed by atoms with van der Waals surface area (Å²) in [7, 11) is 3.43. The number of carbonyl (C=O) groups is 1. The molecule has 0 aromatic carbocycles. The van der Waals surface area contributed by atoms with Gasteiger partial charge in [0.2, 0.25) is 5.91 Å². The highest BCUT2D eigenvalue weighted by molar-refractivity contribution is 5.77. The Balaban J connectivity index is 4.08. The van der Waals surface area contributed by atoms with Gasteiger partial charge < -0.3 is 5.32 Å². The Hall–Kier alpha value is -0.610. The van der Waals surface area contributed by atoms with Crippen molar-refractivity contribution in [3.05, 3.63) is 0 Å². The SMILES string of the molecule is CNCC(C)CN(OC)C(=O)C(C)C. The molecule has 1 N–H and O–H groups in total. The van der Waals surface area contributed by atoms with Crippen LogP contribution < -0.4 is 5.32 Å². The largest absolute Gasteiger partial charge is 0.319 e. The normalized spacial score (nSPS) is 13.0. The molecule has 0 fully saturated rings. The van der Waals surface area contributed by atoms with Gasteiger partial charge in [0.1, 0.15) is 0 Å². The number of carbonyl (C=O) groups excluding carboxylic acids is 1. The van der Waals surface area contributed by atoms with Crippen LogP contribution in [0.1, 0.15) is 20.8 Å². The lowest BCUT2D eigenvalue weighted by Gasteiger charge is -2.24. The van der Waals surface area contributed by atoms with E-state index in [4.69, 9.17) is 4.84 Å². The topological polar surface area (TPSA) is 41.6 Å². The van der Waals surface area contributed by atoms with Gasteiger partial charge in [-0.05, 0) is 19.5 Å². The molecular weight excluding hydrogens is 180 g/mol. The molecular formula is C10H22N2O2. The van der Waals surface area contributed by atoms with Crippen molar-refractivity contribution in [1.29, 1.82) is 0 Å². The van der Waals surface area contributed by atoms with Crippen molar-refractivity contribution in [2.75, 3.05) is 27.2 Å². The highest BCUT2D eigenvalue weighted by Crippen LogP contribution is 2.05. The fourth-order valence-electron chi connectivity index (χ4n) is 1.24. The fraction of sp³-hybridized carbons (Fsp3) is 0.900. The fourth-order valence-corrected chi connectivity index (χ4v) is 1.24. The molecule has 4 nitrogen and oxygen atoms in total. The Kier molecular flexibility index (Phi) is 6.49. The number of hydroxylamine groups is 2. The van der Waals surface area contributed by atoms with Crippen molar-refractivity contribution in [3.63, 3.8) is 0 Å². The average Bonchev–Trinajstić information content (AvgIpc) is 2.13. The molecule has 0 aliphatic heterocycles. The summed E-state index contributed by atoms with van der Waals surface area (Å²) in [5.41, 5.74) is 0. The van der Waals surface area contributed by atoms with E-state index in [1.165, 1.54) is 12.2 Å². The Bertz CT molecular complexity index is 172. The summed E-state index contributed by atoms with van der Waals surface area (Å²) in [6.45, 7) is 7.34. The van der Waals surface area contributed by atoms with Crippen molar-refractivity contribution >= 4 is 5.91 Å². The van der Waals surface area contributed by atoms with Crippen molar-refractivity contribution in [1.82, 2.24) is 10.4 Å². The van der Waals surface area contributed by atoms with Crippen LogP contribution in [-0.4, -0.2) is 38.2 Å². The van der Waals surface area contributed by atoms with Crippen LogP contribution in [-0.2, 0) is 9.63 Å². The molecule has 0 rings (SSSR count). The third-order valence-electron chi connectivity index (χ3n) is 1.99. The number of nitrogens with zero attached hydrogens (tertiary/aromatic N) is 1. The van der Waals surface area contributed by atoms with Gasteiger partial charge in [0.15, 0.2) is 0 Å². The van der Waals surface area contributed by atoms with Crippen molar-refractivity contribution < 1.29 is 9.63 Å². The van der Waals surface area contributed by atoms with Crippen LogP contribution in [0.2, 0.25) is 0 Å². The monoisotopic (exact) mass is 202 g/mol. The van der Waals surface area contributed by atoms with Gasteiger partial charge in [-0.2, -0.15) is 0 Å². The first kappa shape index (κ1) is 13.4. The maximum atomic E-state index is 11.6. The summed E-state index contributed by atoms with van der Waals surface area (Å²) in [5, 5.41) is 4.51. The van der Waals surface area contributed by atoms with Gasteiger partial charge in [-0.3, -0.25) is 9.63 Å². The zero-order chi connectivity index (χ0) is 11.1. The van der Waals surface area contributed by atoms with Crippen LogP contribution in [0, 0.1) is 11.8 Å². The van der Waals surface area contributed by atoms with Gasteiger partial charge >= 0.3 is 0 Å². The van der Waals surface area contributed by atoms with Gasteiger partial charge in [0.05, 0.1) is 13.7 Å². The van der Waals surface area contributed by atoms with E-state index in [-0.39, 0.29) is 11.8 Å². The first-order valence-electron chi connectivity index (χ1n) is 5.03. The maximum absolute atomic E-state index is 11.6. The Morgan fingerprint density at radius 2 is 2.00 bits per heavy atom. The van der Waals surface area contributed by atoms with Gasteiger partial charge in [0.25, 0.3) is 0 Å². The summed E-state index contributed by atoms with van der Waals surface area (Å²) in [5.74, 6) is 0.412. The van der Waals surface area contributed by atoms with Gasteiger partial charge in [-0.15, -0.1) is 0 Å². The second kappa shape index (κ2) is 6.79. The van der Waals surface area contributed by atoms with Crippen LogP contribution in [0.5, 0.6) is 0 Å². The van der Waals surface area contributed by atoms with E-state index in [0.717, 1.165) is 6.54 Å². The van der Waals surface area contributed by atoms with Crippen molar-refractivity contribution in [3.8, 4) is 0 Å². The van der Waals surface area contributed by atoms with Crippen LogP contribution in [0.3, 0.4) is 0 Å². The lowest BCUT2D eigenvalue weighted by molar-refractivity contribution is -0.182. The first-order valence-corrected chi connectivity index (χ1v) is 5.03. The summed E-state index contributed by atoms with van der Waals surface area (Å²) in [6.07, 6.45) is 0. The molecule has 1 unspecified atom stereocenters. The van der Waals surface area contributed by atoms with E-state index >= 15 is 0 Å². The second-order valence-electron chi connectivity index (χ2n) is 3.90. The molecule has 1 amide bonds. The molecule has 0 heterocycles. The number of hydrogen-bond acceptors (Lipinski definition) is 3. The van der Waals surface area contributed by atoms with E-state index in [1.807, 2.05) is 20.9 Å². The standard InChI is InChI=1S/C10H22N2O2/c1-8(2)10(13)12(14-5)7-9(3)6-11-4/h8-9,11H,6-7H2,1-5H3. The molecule has 0 aliphatic carbocycles. The quantitative estimate of drug-likeness (QED) is 0.650. The van der Waals surface area contributed by atoms with E-state index in [0.29, 0.717) is 12.5 Å². The Morgan fingerprint density at radius 3 is 2.36 bits per heavy atom. The number of nitrogens with one attached hydrogen (secondary N) is 1. The van der Waals surface area contributed by atoms with Crippen LogP contribution in [0.4, 0.5) is 0 Å². The molecule has 0 aromatic heterocycles. The molecule has 0 spiro atoms. The van der Waals surface area contributed by atoms with Crippen molar-refractivity contribution in [2.45, 2.75) is 20.8 Å². The zero-order valence-electron chi connectivity index (χ0n) is 9.83. The van der Waals surface area contributed by atoms with Gasteiger partial charge in [0, 0.05) is 5.92 Å². The van der Waals surface area contributed by atoms with E-state index in [2.05, 4.69) is 12.2 Å². The summed E-state index contributed by atoms with van der Waals surface area (Å²) in [4.78, 5) is 16.6. The molecule has 0 aliphatic rings. The number of amides is 1. The third-order valence-corrected chi connectivity index (χ3v) is 1.99. The highest BCUT2D eigenvalue weighted by atomic mass is 16.7. The minimum atomic E-state index is -0.0169. The molecule has 0 saturated carbocycles. The van der Waals surface area contributed by atoms with Crippen LogP contribution in [0.15, 0.2) is 0 Å². The molecule has 14 heavy (non-hydrogen) atoms. The molecule has 0 radical (unpaired) electrons. The van der Waals surface area contributed by atoms with E-state index in [1.54, 1.807) is 0 Å². The second-order valence-corrected chi connectivity index (χ2v) is 3.90. The predicted molar refractivity (Wildman–Crippen MR) is 56.7 cm³/mol. The minimum Gasteiger partial charge on any atom is -0.319 e. The molecule has 0 bridgehead atoms. The molecule has 0 aromatic rings. The summed E-state index contributed by atoms with van der Waals surface area (Å²) >= 11 is 0. The molecule has 4 heteroatoms. The molecule has 0 saturated heterocycles. The van der Waals surface area contributed by atoms with Crippen LogP contribution >= 0.6 is 0 Å². The average molecular weight is 202 g/mol. The highest BCUT2D eigenvalue weighted by Gasteiger charge is 2.18.